The lowest BCUT2D eigenvalue weighted by molar-refractivity contribution is 0.116. The van der Waals surface area contributed by atoms with E-state index in [9.17, 15) is 0 Å². The summed E-state index contributed by atoms with van der Waals surface area (Å²) >= 11 is 0. The largest absolute Gasteiger partial charge is 0.376 e. The first kappa shape index (κ1) is 13.1. The second kappa shape index (κ2) is 6.00. The summed E-state index contributed by atoms with van der Waals surface area (Å²) in [7, 11) is 2.06. The molecule has 0 spiro atoms. The molecular weight excluding hydrogens is 228 g/mol. The van der Waals surface area contributed by atoms with E-state index in [0.29, 0.717) is 12.1 Å². The van der Waals surface area contributed by atoms with E-state index in [1.54, 1.807) is 0 Å². The van der Waals surface area contributed by atoms with Crippen LogP contribution in [0.4, 0.5) is 11.8 Å². The smallest absolute Gasteiger partial charge is 0.224 e. The fourth-order valence-electron chi connectivity index (χ4n) is 2.24. The highest BCUT2D eigenvalue weighted by Crippen LogP contribution is 2.20. The van der Waals surface area contributed by atoms with Crippen molar-refractivity contribution in [3.63, 3.8) is 0 Å². The van der Waals surface area contributed by atoms with Crippen LogP contribution in [-0.4, -0.2) is 42.8 Å². The number of rotatable bonds is 5. The van der Waals surface area contributed by atoms with Crippen LogP contribution in [0.2, 0.25) is 0 Å². The number of anilines is 2. The van der Waals surface area contributed by atoms with Crippen molar-refractivity contribution < 1.29 is 4.74 Å². The number of likely N-dealkylation sites (N-methyl/N-ethyl adjacent to an activating group) is 1. The molecule has 1 fully saturated rings. The Kier molecular flexibility index (Phi) is 4.36. The molecule has 1 atom stereocenters. The topological polar surface area (TPSA) is 50.3 Å². The quantitative estimate of drug-likeness (QED) is 0.864. The first-order valence-electron chi connectivity index (χ1n) is 6.61. The number of aromatic nitrogens is 2. The van der Waals surface area contributed by atoms with Gasteiger partial charge in [0.15, 0.2) is 0 Å². The van der Waals surface area contributed by atoms with Gasteiger partial charge >= 0.3 is 0 Å². The molecule has 1 aliphatic heterocycles. The van der Waals surface area contributed by atoms with Gasteiger partial charge in [0.2, 0.25) is 5.95 Å². The minimum Gasteiger partial charge on any atom is -0.376 e. The number of aryl methyl sites for hydroxylation is 1. The highest BCUT2D eigenvalue weighted by molar-refractivity contribution is 5.48. The Balaban J connectivity index is 2.07. The van der Waals surface area contributed by atoms with Gasteiger partial charge in [0.05, 0.1) is 6.10 Å². The third-order valence-corrected chi connectivity index (χ3v) is 3.14. The van der Waals surface area contributed by atoms with Crippen molar-refractivity contribution in [3.8, 4) is 0 Å². The Labute approximate surface area is 109 Å². The van der Waals surface area contributed by atoms with Gasteiger partial charge in [0.1, 0.15) is 5.82 Å². The molecule has 1 aromatic rings. The van der Waals surface area contributed by atoms with Crippen LogP contribution in [0.15, 0.2) is 6.20 Å². The predicted octanol–water partition coefficient (Wildman–Crippen LogP) is 1.83. The Morgan fingerprint density at radius 2 is 2.39 bits per heavy atom. The van der Waals surface area contributed by atoms with Gasteiger partial charge < -0.3 is 15.0 Å². The van der Waals surface area contributed by atoms with Gasteiger partial charge in [-0.15, -0.1) is 0 Å². The Morgan fingerprint density at radius 3 is 3.06 bits per heavy atom. The van der Waals surface area contributed by atoms with Crippen molar-refractivity contribution in [2.45, 2.75) is 32.8 Å². The number of nitrogens with one attached hydrogen (secondary N) is 1. The first-order chi connectivity index (χ1) is 8.70. The third-order valence-electron chi connectivity index (χ3n) is 3.14. The van der Waals surface area contributed by atoms with Gasteiger partial charge in [-0.05, 0) is 26.7 Å². The van der Waals surface area contributed by atoms with Gasteiger partial charge in [-0.2, -0.15) is 4.98 Å². The van der Waals surface area contributed by atoms with Crippen molar-refractivity contribution in [3.05, 3.63) is 11.8 Å². The number of hydrogen-bond acceptors (Lipinski definition) is 5. The normalized spacial score (nSPS) is 18.9. The second-order valence-corrected chi connectivity index (χ2v) is 4.75. The summed E-state index contributed by atoms with van der Waals surface area (Å²) < 4.78 is 5.66. The molecule has 0 amide bonds. The zero-order valence-corrected chi connectivity index (χ0v) is 11.4. The maximum atomic E-state index is 5.66. The Hall–Kier alpha value is -1.36. The van der Waals surface area contributed by atoms with E-state index in [4.69, 9.17) is 4.74 Å². The monoisotopic (exact) mass is 250 g/mol. The molecule has 0 aliphatic carbocycles. The molecule has 5 nitrogen and oxygen atoms in total. The molecule has 1 unspecified atom stereocenters. The van der Waals surface area contributed by atoms with Crippen molar-refractivity contribution in [1.29, 1.82) is 0 Å². The fraction of sp³-hybridized carbons (Fsp3) is 0.692. The Morgan fingerprint density at radius 1 is 1.56 bits per heavy atom. The van der Waals surface area contributed by atoms with E-state index < -0.39 is 0 Å². The second-order valence-electron chi connectivity index (χ2n) is 4.75. The van der Waals surface area contributed by atoms with Crippen LogP contribution in [0.25, 0.3) is 0 Å². The van der Waals surface area contributed by atoms with Gasteiger partial charge in [-0.25, -0.2) is 4.98 Å². The average molecular weight is 250 g/mol. The highest BCUT2D eigenvalue weighted by Gasteiger charge is 2.19. The van der Waals surface area contributed by atoms with E-state index >= 15 is 0 Å². The first-order valence-corrected chi connectivity index (χ1v) is 6.61. The third kappa shape index (κ3) is 3.10. The van der Waals surface area contributed by atoms with Gasteiger partial charge in [0.25, 0.3) is 0 Å². The summed E-state index contributed by atoms with van der Waals surface area (Å²) in [5.41, 5.74) is 1.09. The molecule has 18 heavy (non-hydrogen) atoms. The summed E-state index contributed by atoms with van der Waals surface area (Å²) in [4.78, 5) is 11.0. The number of ether oxygens (including phenoxy) is 1. The number of nitrogens with zero attached hydrogens (tertiary/aromatic N) is 3. The summed E-state index contributed by atoms with van der Waals surface area (Å²) in [6.07, 6.45) is 4.53. The van der Waals surface area contributed by atoms with Crippen LogP contribution < -0.4 is 10.2 Å². The SMILES string of the molecule is CCNc1ncc(C)c(N(C)CC2CCCO2)n1. The van der Waals surface area contributed by atoms with Crippen molar-refractivity contribution >= 4 is 11.8 Å². The van der Waals surface area contributed by atoms with E-state index in [1.165, 1.54) is 6.42 Å². The molecular formula is C13H22N4O. The van der Waals surface area contributed by atoms with Crippen molar-refractivity contribution in [1.82, 2.24) is 9.97 Å². The van der Waals surface area contributed by atoms with Gasteiger partial charge in [-0.3, -0.25) is 0 Å². The van der Waals surface area contributed by atoms with Crippen LogP contribution in [0.1, 0.15) is 25.3 Å². The zero-order valence-electron chi connectivity index (χ0n) is 11.4. The average Bonchev–Trinajstić information content (AvgIpc) is 2.84. The summed E-state index contributed by atoms with van der Waals surface area (Å²) in [6, 6.07) is 0. The van der Waals surface area contributed by atoms with Crippen LogP contribution in [0.5, 0.6) is 0 Å². The minimum atomic E-state index is 0.340. The van der Waals surface area contributed by atoms with Crippen molar-refractivity contribution in [2.24, 2.45) is 0 Å². The molecule has 2 heterocycles. The van der Waals surface area contributed by atoms with Crippen LogP contribution >= 0.6 is 0 Å². The predicted molar refractivity (Wildman–Crippen MR) is 73.2 cm³/mol. The maximum Gasteiger partial charge on any atom is 0.224 e. The molecule has 5 heteroatoms. The number of hydrogen-bond donors (Lipinski definition) is 1. The van der Waals surface area contributed by atoms with Crippen molar-refractivity contribution in [2.75, 3.05) is 37.0 Å². The molecule has 0 radical (unpaired) electrons. The molecule has 1 aromatic heterocycles. The van der Waals surface area contributed by atoms with E-state index in [-0.39, 0.29) is 0 Å². The van der Waals surface area contributed by atoms with E-state index in [0.717, 1.165) is 37.5 Å². The van der Waals surface area contributed by atoms with Crippen LogP contribution in [0, 0.1) is 6.92 Å². The summed E-state index contributed by atoms with van der Waals surface area (Å²) in [6.45, 7) is 6.70. The summed E-state index contributed by atoms with van der Waals surface area (Å²) in [5, 5.41) is 3.14. The van der Waals surface area contributed by atoms with E-state index in [2.05, 4.69) is 27.2 Å². The maximum absolute atomic E-state index is 5.66. The molecule has 1 aliphatic rings. The van der Waals surface area contributed by atoms with Crippen LogP contribution in [-0.2, 0) is 4.74 Å². The van der Waals surface area contributed by atoms with Gasteiger partial charge in [-0.1, -0.05) is 0 Å². The van der Waals surface area contributed by atoms with Gasteiger partial charge in [0, 0.05) is 38.5 Å². The standard InChI is InChI=1S/C13H22N4O/c1-4-14-13-15-8-10(2)12(16-13)17(3)9-11-6-5-7-18-11/h8,11H,4-7,9H2,1-3H3,(H,14,15,16). The lowest BCUT2D eigenvalue weighted by Crippen LogP contribution is -2.30. The molecule has 2 rings (SSSR count). The molecule has 1 N–H and O–H groups in total. The highest BCUT2D eigenvalue weighted by atomic mass is 16.5. The lowest BCUT2D eigenvalue weighted by Gasteiger charge is -2.23. The Bertz CT molecular complexity index is 391. The fourth-order valence-corrected chi connectivity index (χ4v) is 2.24. The van der Waals surface area contributed by atoms with Crippen LogP contribution in [0.3, 0.4) is 0 Å². The molecule has 0 bridgehead atoms. The molecule has 100 valence electrons. The van der Waals surface area contributed by atoms with E-state index in [1.807, 2.05) is 20.0 Å². The summed E-state index contributed by atoms with van der Waals surface area (Å²) in [5.74, 6) is 1.67. The molecule has 1 saturated heterocycles. The zero-order chi connectivity index (χ0) is 13.0. The molecule has 0 saturated carbocycles. The molecule has 0 aromatic carbocycles. The lowest BCUT2D eigenvalue weighted by atomic mass is 10.2. The minimum absolute atomic E-state index is 0.340.